The second kappa shape index (κ2) is 6.04. The van der Waals surface area contributed by atoms with Crippen LogP contribution in [0.15, 0.2) is 40.9 Å². The van der Waals surface area contributed by atoms with Gasteiger partial charge in [-0.3, -0.25) is 0 Å². The fourth-order valence-electron chi connectivity index (χ4n) is 1.44. The molecule has 0 saturated heterocycles. The Balaban J connectivity index is 2.12. The lowest BCUT2D eigenvalue weighted by Gasteiger charge is -2.07. The van der Waals surface area contributed by atoms with E-state index in [1.807, 2.05) is 24.3 Å². The average Bonchev–Trinajstić information content (AvgIpc) is 2.37. The maximum Gasteiger partial charge on any atom is 0.356 e. The van der Waals surface area contributed by atoms with Gasteiger partial charge in [0.25, 0.3) is 0 Å². The Morgan fingerprint density at radius 2 is 2.16 bits per heavy atom. The molecule has 0 saturated carbocycles. The molecule has 2 aromatic rings. The number of rotatable bonds is 4. The Hall–Kier alpha value is -1.59. The number of pyridine rings is 1. The van der Waals surface area contributed by atoms with Gasteiger partial charge in [0, 0.05) is 10.5 Å². The first-order valence-corrected chi connectivity index (χ1v) is 6.50. The van der Waals surface area contributed by atoms with Crippen LogP contribution in [0, 0.1) is 0 Å². The van der Waals surface area contributed by atoms with E-state index in [1.165, 1.54) is 12.1 Å². The molecule has 1 heterocycles. The van der Waals surface area contributed by atoms with Crippen LogP contribution in [0.3, 0.4) is 0 Å². The molecule has 0 aliphatic carbocycles. The summed E-state index contributed by atoms with van der Waals surface area (Å²) in [5.41, 5.74) is 0.733. The lowest BCUT2D eigenvalue weighted by atomic mass is 10.2. The van der Waals surface area contributed by atoms with Crippen molar-refractivity contribution in [2.24, 2.45) is 0 Å². The van der Waals surface area contributed by atoms with Crippen LogP contribution < -0.4 is 4.74 Å². The molecule has 1 N–H and O–H groups in total. The van der Waals surface area contributed by atoms with Crippen molar-refractivity contribution in [3.05, 3.63) is 57.2 Å². The molecular formula is C13H9BrClNO3. The number of benzene rings is 1. The summed E-state index contributed by atoms with van der Waals surface area (Å²) >= 11 is 9.09. The predicted octanol–water partition coefficient (Wildman–Crippen LogP) is 3.77. The first-order valence-electron chi connectivity index (χ1n) is 5.33. The minimum atomic E-state index is -1.18. The van der Waals surface area contributed by atoms with E-state index in [0.29, 0.717) is 6.61 Å². The van der Waals surface area contributed by atoms with Crippen molar-refractivity contribution in [2.45, 2.75) is 6.61 Å². The van der Waals surface area contributed by atoms with E-state index < -0.39 is 5.97 Å². The highest BCUT2D eigenvalue weighted by atomic mass is 79.9. The molecule has 1 aromatic heterocycles. The Morgan fingerprint density at radius 3 is 2.84 bits per heavy atom. The number of ether oxygens (including phenoxy) is 1. The number of aromatic carboxylic acids is 1. The molecule has 0 fully saturated rings. The molecule has 98 valence electrons. The van der Waals surface area contributed by atoms with Crippen LogP contribution in [0.4, 0.5) is 0 Å². The number of halogens is 2. The monoisotopic (exact) mass is 341 g/mol. The van der Waals surface area contributed by atoms with Crippen LogP contribution in [-0.4, -0.2) is 16.1 Å². The van der Waals surface area contributed by atoms with Crippen LogP contribution >= 0.6 is 27.5 Å². The van der Waals surface area contributed by atoms with E-state index >= 15 is 0 Å². The number of aromatic nitrogens is 1. The molecule has 4 nitrogen and oxygen atoms in total. The van der Waals surface area contributed by atoms with E-state index in [9.17, 15) is 4.79 Å². The van der Waals surface area contributed by atoms with E-state index in [4.69, 9.17) is 21.4 Å². The van der Waals surface area contributed by atoms with Gasteiger partial charge in [0.15, 0.2) is 5.69 Å². The number of carboxylic acid groups (broad SMARTS) is 1. The van der Waals surface area contributed by atoms with Crippen molar-refractivity contribution >= 4 is 33.5 Å². The van der Waals surface area contributed by atoms with E-state index in [0.717, 1.165) is 10.0 Å². The van der Waals surface area contributed by atoms with Gasteiger partial charge in [0.05, 0.1) is 5.02 Å². The van der Waals surface area contributed by atoms with Gasteiger partial charge in [0.1, 0.15) is 6.61 Å². The topological polar surface area (TPSA) is 59.4 Å². The maximum absolute atomic E-state index is 10.9. The molecular weight excluding hydrogens is 334 g/mol. The van der Waals surface area contributed by atoms with E-state index in [1.54, 1.807) is 0 Å². The van der Waals surface area contributed by atoms with Gasteiger partial charge in [-0.05, 0) is 23.8 Å². The zero-order valence-corrected chi connectivity index (χ0v) is 12.0. The first kappa shape index (κ1) is 13.8. The van der Waals surface area contributed by atoms with Crippen molar-refractivity contribution in [1.29, 1.82) is 0 Å². The number of carbonyl (C=O) groups is 1. The van der Waals surface area contributed by atoms with Gasteiger partial charge in [-0.25, -0.2) is 9.78 Å². The minimum absolute atomic E-state index is 0.0855. The molecule has 0 bridgehead atoms. The molecule has 0 spiro atoms. The maximum atomic E-state index is 10.9. The van der Waals surface area contributed by atoms with Crippen molar-refractivity contribution in [3.8, 4) is 5.88 Å². The number of hydrogen-bond donors (Lipinski definition) is 1. The Morgan fingerprint density at radius 1 is 1.37 bits per heavy atom. The average molecular weight is 343 g/mol. The molecule has 2 rings (SSSR count). The van der Waals surface area contributed by atoms with Crippen molar-refractivity contribution in [1.82, 2.24) is 4.98 Å². The molecule has 0 amide bonds. The third-order valence-electron chi connectivity index (χ3n) is 2.30. The van der Waals surface area contributed by atoms with Crippen LogP contribution in [-0.2, 0) is 6.61 Å². The summed E-state index contributed by atoms with van der Waals surface area (Å²) < 4.78 is 6.39. The SMILES string of the molecule is O=C(O)c1nc(OCc2cccc(Br)c2)ccc1Cl. The van der Waals surface area contributed by atoms with E-state index in [-0.39, 0.29) is 16.6 Å². The molecule has 19 heavy (non-hydrogen) atoms. The second-order valence-electron chi connectivity index (χ2n) is 3.70. The van der Waals surface area contributed by atoms with Crippen LogP contribution in [0.5, 0.6) is 5.88 Å². The molecule has 0 unspecified atom stereocenters. The van der Waals surface area contributed by atoms with Crippen molar-refractivity contribution < 1.29 is 14.6 Å². The highest BCUT2D eigenvalue weighted by molar-refractivity contribution is 9.10. The van der Waals surface area contributed by atoms with Gasteiger partial charge in [-0.15, -0.1) is 0 Å². The quantitative estimate of drug-likeness (QED) is 0.918. The standard InChI is InChI=1S/C13H9BrClNO3/c14-9-3-1-2-8(6-9)7-19-11-5-4-10(15)12(16-11)13(17)18/h1-6H,7H2,(H,17,18). The summed E-state index contributed by atoms with van der Waals surface area (Å²) in [4.78, 5) is 14.7. The fraction of sp³-hybridized carbons (Fsp3) is 0.0769. The zero-order chi connectivity index (χ0) is 13.8. The van der Waals surface area contributed by atoms with Gasteiger partial charge in [0.2, 0.25) is 5.88 Å². The number of carboxylic acids is 1. The lowest BCUT2D eigenvalue weighted by Crippen LogP contribution is -2.04. The van der Waals surface area contributed by atoms with Gasteiger partial charge in [-0.1, -0.05) is 39.7 Å². The molecule has 0 aliphatic rings. The number of nitrogens with zero attached hydrogens (tertiary/aromatic N) is 1. The molecule has 0 aliphatic heterocycles. The van der Waals surface area contributed by atoms with Gasteiger partial charge < -0.3 is 9.84 Å². The summed E-state index contributed by atoms with van der Waals surface area (Å²) in [6.45, 7) is 0.299. The summed E-state index contributed by atoms with van der Waals surface area (Å²) in [5, 5.41) is 8.99. The third kappa shape index (κ3) is 3.68. The minimum Gasteiger partial charge on any atom is -0.476 e. The van der Waals surface area contributed by atoms with Crippen LogP contribution in [0.25, 0.3) is 0 Å². The Kier molecular flexibility index (Phi) is 4.39. The first-order chi connectivity index (χ1) is 9.06. The highest BCUT2D eigenvalue weighted by Gasteiger charge is 2.12. The normalized spacial score (nSPS) is 10.2. The lowest BCUT2D eigenvalue weighted by molar-refractivity contribution is 0.0689. The molecule has 6 heteroatoms. The van der Waals surface area contributed by atoms with Gasteiger partial charge >= 0.3 is 5.97 Å². The smallest absolute Gasteiger partial charge is 0.356 e. The largest absolute Gasteiger partial charge is 0.476 e. The summed E-state index contributed by atoms with van der Waals surface area (Å²) in [7, 11) is 0. The summed E-state index contributed by atoms with van der Waals surface area (Å²) in [5.74, 6) is -0.959. The Bertz CT molecular complexity index is 619. The van der Waals surface area contributed by atoms with Crippen LogP contribution in [0.1, 0.15) is 16.1 Å². The Labute approximate surface area is 123 Å². The molecule has 0 atom stereocenters. The van der Waals surface area contributed by atoms with Crippen LogP contribution in [0.2, 0.25) is 5.02 Å². The summed E-state index contributed by atoms with van der Waals surface area (Å²) in [6, 6.07) is 10.6. The van der Waals surface area contributed by atoms with Crippen molar-refractivity contribution in [3.63, 3.8) is 0 Å². The van der Waals surface area contributed by atoms with Crippen molar-refractivity contribution in [2.75, 3.05) is 0 Å². The molecule has 0 radical (unpaired) electrons. The summed E-state index contributed by atoms with van der Waals surface area (Å²) in [6.07, 6.45) is 0. The third-order valence-corrected chi connectivity index (χ3v) is 3.10. The number of hydrogen-bond acceptors (Lipinski definition) is 3. The zero-order valence-electron chi connectivity index (χ0n) is 9.64. The van der Waals surface area contributed by atoms with E-state index in [2.05, 4.69) is 20.9 Å². The predicted molar refractivity (Wildman–Crippen MR) is 74.7 cm³/mol. The highest BCUT2D eigenvalue weighted by Crippen LogP contribution is 2.19. The second-order valence-corrected chi connectivity index (χ2v) is 5.03. The van der Waals surface area contributed by atoms with Gasteiger partial charge in [-0.2, -0.15) is 0 Å². The fourth-order valence-corrected chi connectivity index (χ4v) is 2.07. The molecule has 1 aromatic carbocycles.